The summed E-state index contributed by atoms with van der Waals surface area (Å²) in [6, 6.07) is 2.86. The van der Waals surface area contributed by atoms with Crippen molar-refractivity contribution in [1.29, 1.82) is 0 Å². The van der Waals surface area contributed by atoms with Crippen LogP contribution in [0.1, 0.15) is 12.8 Å². The van der Waals surface area contributed by atoms with Crippen molar-refractivity contribution in [2.45, 2.75) is 19.4 Å². The van der Waals surface area contributed by atoms with E-state index >= 15 is 0 Å². The number of Topliss-reactive ketones (excluding diaryl/α,β-unsaturated/α-hetero) is 1. The van der Waals surface area contributed by atoms with Gasteiger partial charge in [0.05, 0.1) is 12.2 Å². The van der Waals surface area contributed by atoms with Crippen LogP contribution in [0.2, 0.25) is 0 Å². The molecule has 0 atom stereocenters. The lowest BCUT2D eigenvalue weighted by molar-refractivity contribution is -0.121. The van der Waals surface area contributed by atoms with Crippen LogP contribution in [0.25, 0.3) is 0 Å². The summed E-state index contributed by atoms with van der Waals surface area (Å²) in [5.74, 6) is -2.57. The normalized spacial score (nSPS) is 13.4. The van der Waals surface area contributed by atoms with Gasteiger partial charge in [-0.1, -0.05) is 18.2 Å². The zero-order valence-electron chi connectivity index (χ0n) is 13.8. The molecule has 0 saturated carbocycles. The number of ketones is 1. The van der Waals surface area contributed by atoms with Crippen molar-refractivity contribution in [2.24, 2.45) is 0 Å². The summed E-state index contributed by atoms with van der Waals surface area (Å²) in [4.78, 5) is 29.9. The van der Waals surface area contributed by atoms with E-state index in [1.165, 1.54) is 17.3 Å². The van der Waals surface area contributed by atoms with Gasteiger partial charge in [0.1, 0.15) is 30.8 Å². The van der Waals surface area contributed by atoms with Gasteiger partial charge in [0.25, 0.3) is 0 Å². The van der Waals surface area contributed by atoms with Gasteiger partial charge in [-0.3, -0.25) is 9.59 Å². The van der Waals surface area contributed by atoms with Crippen molar-refractivity contribution < 1.29 is 18.4 Å². The first kappa shape index (κ1) is 17.7. The largest absolute Gasteiger partial charge is 0.300 e. The second-order valence-electron chi connectivity index (χ2n) is 5.73. The maximum atomic E-state index is 14.2. The van der Waals surface area contributed by atoms with Crippen LogP contribution in [-0.4, -0.2) is 33.0 Å². The summed E-state index contributed by atoms with van der Waals surface area (Å²) >= 11 is 0. The molecule has 0 N–H and O–H groups in total. The first-order valence-corrected chi connectivity index (χ1v) is 8.02. The summed E-state index contributed by atoms with van der Waals surface area (Å²) in [7, 11) is 0. The molecule has 1 amide bonds. The highest BCUT2D eigenvalue weighted by molar-refractivity contribution is 6.06. The van der Waals surface area contributed by atoms with Crippen molar-refractivity contribution >= 4 is 17.4 Å². The highest BCUT2D eigenvalue weighted by atomic mass is 19.1. The number of carbonyl (C=O) groups excluding carboxylic acids is 2. The van der Waals surface area contributed by atoms with Crippen LogP contribution in [-0.2, 0) is 16.1 Å². The van der Waals surface area contributed by atoms with E-state index in [-0.39, 0.29) is 24.6 Å². The monoisotopic (exact) mass is 358 g/mol. The Morgan fingerprint density at radius 2 is 2.08 bits per heavy atom. The van der Waals surface area contributed by atoms with E-state index in [1.807, 2.05) is 6.08 Å². The predicted molar refractivity (Wildman–Crippen MR) is 90.2 cm³/mol. The van der Waals surface area contributed by atoms with E-state index in [4.69, 9.17) is 0 Å². The van der Waals surface area contributed by atoms with Gasteiger partial charge in [-0.05, 0) is 25.0 Å². The van der Waals surface area contributed by atoms with Crippen LogP contribution >= 0.6 is 0 Å². The van der Waals surface area contributed by atoms with Gasteiger partial charge in [-0.2, -0.15) is 5.10 Å². The van der Waals surface area contributed by atoms with Crippen LogP contribution in [0.5, 0.6) is 0 Å². The molecule has 1 aliphatic carbocycles. The molecule has 3 rings (SSSR count). The summed E-state index contributed by atoms with van der Waals surface area (Å²) in [6.07, 6.45) is 9.52. The van der Waals surface area contributed by atoms with Crippen LogP contribution in [0.15, 0.2) is 54.7 Å². The summed E-state index contributed by atoms with van der Waals surface area (Å²) < 4.78 is 28.7. The number of hydrogen-bond donors (Lipinski definition) is 0. The third kappa shape index (κ3) is 4.08. The van der Waals surface area contributed by atoms with Crippen molar-refractivity contribution in [3.05, 3.63) is 66.3 Å². The van der Waals surface area contributed by atoms with E-state index in [1.54, 1.807) is 12.2 Å². The Kier molecular flexibility index (Phi) is 5.31. The number of carbonyl (C=O) groups is 2. The lowest BCUT2D eigenvalue weighted by atomic mass is 10.0. The molecule has 0 spiro atoms. The highest BCUT2D eigenvalue weighted by Gasteiger charge is 2.24. The molecule has 1 aromatic carbocycles. The molecule has 1 heterocycles. The van der Waals surface area contributed by atoms with Crippen molar-refractivity contribution in [2.75, 3.05) is 11.4 Å². The number of benzene rings is 1. The fraction of sp³-hybridized carbons (Fsp3) is 0.222. The van der Waals surface area contributed by atoms with E-state index in [9.17, 15) is 18.4 Å². The van der Waals surface area contributed by atoms with Gasteiger partial charge in [-0.15, -0.1) is 0 Å². The van der Waals surface area contributed by atoms with Gasteiger partial charge in [-0.25, -0.2) is 18.4 Å². The summed E-state index contributed by atoms with van der Waals surface area (Å²) in [6.45, 7) is -0.578. The summed E-state index contributed by atoms with van der Waals surface area (Å²) in [5.41, 5.74) is 0.308. The smallest absolute Gasteiger partial charge is 0.249 e. The molecular formula is C18H16F2N4O2. The van der Waals surface area contributed by atoms with Gasteiger partial charge in [0.2, 0.25) is 5.91 Å². The quantitative estimate of drug-likeness (QED) is 0.795. The number of halogens is 2. The molecule has 26 heavy (non-hydrogen) atoms. The molecule has 8 heteroatoms. The number of hydrogen-bond acceptors (Lipinski definition) is 4. The van der Waals surface area contributed by atoms with Crippen LogP contribution in [0, 0.1) is 11.6 Å². The SMILES string of the molecule is O=C(CN(C(=O)Cn1cncn1)c1ccc(F)cc1F)C1=CCCC=C1. The van der Waals surface area contributed by atoms with Crippen molar-refractivity contribution in [1.82, 2.24) is 14.8 Å². The Morgan fingerprint density at radius 1 is 1.23 bits per heavy atom. The first-order chi connectivity index (χ1) is 12.5. The molecule has 0 fully saturated rings. The lowest BCUT2D eigenvalue weighted by Crippen LogP contribution is -2.39. The molecule has 2 aromatic rings. The Hall–Kier alpha value is -3.16. The maximum absolute atomic E-state index is 14.2. The number of aromatic nitrogens is 3. The van der Waals surface area contributed by atoms with Gasteiger partial charge in [0, 0.05) is 11.6 Å². The Morgan fingerprint density at radius 3 is 2.73 bits per heavy atom. The van der Waals surface area contributed by atoms with E-state index in [2.05, 4.69) is 10.1 Å². The summed E-state index contributed by atoms with van der Waals surface area (Å²) in [5, 5.41) is 3.83. The zero-order chi connectivity index (χ0) is 18.5. The third-order valence-corrected chi connectivity index (χ3v) is 3.88. The molecule has 0 radical (unpaired) electrons. The zero-order valence-corrected chi connectivity index (χ0v) is 13.8. The minimum absolute atomic E-state index is 0.162. The number of anilines is 1. The van der Waals surface area contributed by atoms with Gasteiger partial charge < -0.3 is 4.90 Å². The Bertz CT molecular complexity index is 875. The van der Waals surface area contributed by atoms with Gasteiger partial charge in [0.15, 0.2) is 5.78 Å². The van der Waals surface area contributed by atoms with E-state index in [0.717, 1.165) is 29.9 Å². The van der Waals surface area contributed by atoms with Crippen LogP contribution in [0.3, 0.4) is 0 Å². The van der Waals surface area contributed by atoms with Crippen LogP contribution < -0.4 is 4.90 Å². The average molecular weight is 358 g/mol. The molecule has 0 bridgehead atoms. The van der Waals surface area contributed by atoms with Crippen LogP contribution in [0.4, 0.5) is 14.5 Å². The van der Waals surface area contributed by atoms with E-state index < -0.39 is 17.5 Å². The van der Waals surface area contributed by atoms with Crippen molar-refractivity contribution in [3.8, 4) is 0 Å². The number of allylic oxidation sites excluding steroid dienone is 3. The van der Waals surface area contributed by atoms with Crippen molar-refractivity contribution in [3.63, 3.8) is 0 Å². The molecule has 134 valence electrons. The number of nitrogens with zero attached hydrogens (tertiary/aromatic N) is 4. The third-order valence-electron chi connectivity index (χ3n) is 3.88. The number of rotatable bonds is 6. The second-order valence-corrected chi connectivity index (χ2v) is 5.73. The predicted octanol–water partition coefficient (Wildman–Crippen LogP) is 2.43. The molecule has 1 aliphatic rings. The minimum Gasteiger partial charge on any atom is -0.300 e. The fourth-order valence-corrected chi connectivity index (χ4v) is 2.60. The topological polar surface area (TPSA) is 68.1 Å². The van der Waals surface area contributed by atoms with Gasteiger partial charge >= 0.3 is 0 Å². The Balaban J connectivity index is 1.87. The standard InChI is InChI=1S/C18H16F2N4O2/c19-14-6-7-16(15(20)8-14)24(18(26)10-23-12-21-11-22-23)9-17(25)13-4-2-1-3-5-13/h2,4-8,11-12H,1,3,9-10H2. The molecule has 6 nitrogen and oxygen atoms in total. The number of amides is 1. The maximum Gasteiger partial charge on any atom is 0.249 e. The molecule has 0 unspecified atom stereocenters. The minimum atomic E-state index is -0.919. The van der Waals surface area contributed by atoms with E-state index in [0.29, 0.717) is 11.6 Å². The highest BCUT2D eigenvalue weighted by Crippen LogP contribution is 2.22. The second kappa shape index (κ2) is 7.81. The first-order valence-electron chi connectivity index (χ1n) is 8.02. The molecular weight excluding hydrogens is 342 g/mol. The average Bonchev–Trinajstić information content (AvgIpc) is 3.14. The fourth-order valence-electron chi connectivity index (χ4n) is 2.60. The molecule has 1 aromatic heterocycles. The molecule has 0 aliphatic heterocycles. The lowest BCUT2D eigenvalue weighted by Gasteiger charge is -2.23. The molecule has 0 saturated heterocycles. The Labute approximate surface area is 148 Å².